The normalized spacial score (nSPS) is 33.2. The van der Waals surface area contributed by atoms with E-state index in [-0.39, 0.29) is 0 Å². The molecular weight excluding hydrogens is 268 g/mol. The van der Waals surface area contributed by atoms with Crippen molar-refractivity contribution < 1.29 is 4.74 Å². The largest absolute Gasteiger partial charge is 0.376 e. The maximum Gasteiger partial charge on any atom is 0.157 e. The summed E-state index contributed by atoms with van der Waals surface area (Å²) in [5.74, 6) is 1.85. The van der Waals surface area contributed by atoms with E-state index >= 15 is 0 Å². The molecule has 0 radical (unpaired) electrons. The Morgan fingerprint density at radius 2 is 2.00 bits per heavy atom. The van der Waals surface area contributed by atoms with E-state index in [9.17, 15) is 0 Å². The van der Waals surface area contributed by atoms with Crippen LogP contribution in [-0.4, -0.2) is 29.7 Å². The highest BCUT2D eigenvalue weighted by molar-refractivity contribution is 8.14. The summed E-state index contributed by atoms with van der Waals surface area (Å²) < 4.78 is 5.88. The van der Waals surface area contributed by atoms with Crippen LogP contribution in [0.5, 0.6) is 0 Å². The second-order valence-electron chi connectivity index (χ2n) is 5.88. The first-order valence-corrected chi connectivity index (χ1v) is 8.52. The lowest BCUT2D eigenvalue weighted by Crippen LogP contribution is -2.39. The molecule has 1 saturated carbocycles. The minimum atomic E-state index is 0.311. The molecule has 2 aliphatic heterocycles. The van der Waals surface area contributed by atoms with Crippen LogP contribution in [-0.2, 0) is 4.74 Å². The van der Waals surface area contributed by atoms with E-state index < -0.39 is 0 Å². The molecule has 2 fully saturated rings. The molecule has 4 heteroatoms. The van der Waals surface area contributed by atoms with Gasteiger partial charge in [0, 0.05) is 12.4 Å². The van der Waals surface area contributed by atoms with Crippen molar-refractivity contribution in [3.63, 3.8) is 0 Å². The highest BCUT2D eigenvalue weighted by atomic mass is 32.2. The van der Waals surface area contributed by atoms with Gasteiger partial charge in [0.15, 0.2) is 5.17 Å². The zero-order chi connectivity index (χ0) is 13.4. The van der Waals surface area contributed by atoms with Gasteiger partial charge in [0.25, 0.3) is 0 Å². The van der Waals surface area contributed by atoms with Crippen LogP contribution in [0.25, 0.3) is 0 Å². The summed E-state index contributed by atoms with van der Waals surface area (Å²) in [7, 11) is 0. The predicted molar refractivity (Wildman–Crippen MR) is 83.1 cm³/mol. The topological polar surface area (TPSA) is 33.6 Å². The quantitative estimate of drug-likeness (QED) is 0.928. The summed E-state index contributed by atoms with van der Waals surface area (Å²) in [5, 5.41) is 4.75. The number of benzene rings is 1. The van der Waals surface area contributed by atoms with Gasteiger partial charge in [0.1, 0.15) is 0 Å². The fraction of sp³-hybridized carbons (Fsp3) is 0.562. The summed E-state index contributed by atoms with van der Waals surface area (Å²) in [4.78, 5) is 4.85. The van der Waals surface area contributed by atoms with Crippen LogP contribution in [0.3, 0.4) is 0 Å². The van der Waals surface area contributed by atoms with E-state index in [4.69, 9.17) is 9.73 Å². The molecule has 3 unspecified atom stereocenters. The summed E-state index contributed by atoms with van der Waals surface area (Å²) in [6, 6.07) is 11.4. The molecule has 1 saturated heterocycles. The Hall–Kier alpha value is -1.00. The molecule has 1 aromatic carbocycles. The number of rotatable bonds is 3. The van der Waals surface area contributed by atoms with E-state index in [2.05, 4.69) is 35.6 Å². The van der Waals surface area contributed by atoms with Gasteiger partial charge in [-0.25, -0.2) is 0 Å². The summed E-state index contributed by atoms with van der Waals surface area (Å²) in [6.45, 7) is 0.902. The minimum Gasteiger partial charge on any atom is -0.376 e. The van der Waals surface area contributed by atoms with Gasteiger partial charge >= 0.3 is 0 Å². The van der Waals surface area contributed by atoms with E-state index in [0.717, 1.165) is 29.9 Å². The molecule has 106 valence electrons. The molecule has 0 spiro atoms. The maximum atomic E-state index is 5.88. The van der Waals surface area contributed by atoms with E-state index in [0.29, 0.717) is 18.2 Å². The van der Waals surface area contributed by atoms with Gasteiger partial charge < -0.3 is 10.1 Å². The van der Waals surface area contributed by atoms with Gasteiger partial charge in [-0.2, -0.15) is 0 Å². The van der Waals surface area contributed by atoms with Crippen LogP contribution in [0.4, 0.5) is 0 Å². The second kappa shape index (κ2) is 5.41. The van der Waals surface area contributed by atoms with Crippen molar-refractivity contribution in [1.82, 2.24) is 5.32 Å². The van der Waals surface area contributed by atoms with Crippen molar-refractivity contribution in [3.8, 4) is 0 Å². The summed E-state index contributed by atoms with van der Waals surface area (Å²) >= 11 is 1.85. The van der Waals surface area contributed by atoms with Gasteiger partial charge in [0.05, 0.1) is 18.2 Å². The minimum absolute atomic E-state index is 0.311. The number of nitrogens with zero attached hydrogens (tertiary/aromatic N) is 1. The van der Waals surface area contributed by atoms with Gasteiger partial charge in [-0.15, -0.1) is 0 Å². The van der Waals surface area contributed by atoms with Crippen LogP contribution in [0.1, 0.15) is 30.9 Å². The fourth-order valence-corrected chi connectivity index (χ4v) is 4.13. The summed E-state index contributed by atoms with van der Waals surface area (Å²) in [6.07, 6.45) is 4.23. The molecule has 0 bridgehead atoms. The standard InChI is InChI=1S/C16H20N2OS/c1-2-4-11(5-3-1)14-10-20-16(18-14)17-13-8-9-19-15(13)12-6-7-12/h1-5,12-15H,6-10H2,(H,17,18). The zero-order valence-corrected chi connectivity index (χ0v) is 12.3. The number of aliphatic imine (C=N–C) groups is 1. The van der Waals surface area contributed by atoms with Crippen molar-refractivity contribution in [2.75, 3.05) is 12.4 Å². The fourth-order valence-electron chi connectivity index (χ4n) is 3.11. The summed E-state index contributed by atoms with van der Waals surface area (Å²) in [5.41, 5.74) is 1.32. The Labute approximate surface area is 124 Å². The molecule has 3 atom stereocenters. The molecule has 20 heavy (non-hydrogen) atoms. The molecule has 1 aromatic rings. The molecule has 0 amide bonds. The number of thioether (sulfide) groups is 1. The van der Waals surface area contributed by atoms with E-state index in [1.54, 1.807) is 0 Å². The number of hydrogen-bond donors (Lipinski definition) is 1. The highest BCUT2D eigenvalue weighted by Gasteiger charge is 2.41. The number of amidine groups is 1. The molecule has 1 N–H and O–H groups in total. The lowest BCUT2D eigenvalue weighted by atomic mass is 10.1. The Morgan fingerprint density at radius 1 is 1.15 bits per heavy atom. The number of nitrogens with one attached hydrogen (secondary N) is 1. The van der Waals surface area contributed by atoms with Crippen molar-refractivity contribution in [1.29, 1.82) is 0 Å². The lowest BCUT2D eigenvalue weighted by Gasteiger charge is -2.19. The second-order valence-corrected chi connectivity index (χ2v) is 6.89. The Kier molecular flexibility index (Phi) is 3.44. The van der Waals surface area contributed by atoms with Crippen molar-refractivity contribution >= 4 is 16.9 Å². The molecule has 2 heterocycles. The Balaban J connectivity index is 1.42. The smallest absolute Gasteiger partial charge is 0.157 e. The van der Waals surface area contributed by atoms with Crippen molar-refractivity contribution in [2.45, 2.75) is 37.5 Å². The van der Waals surface area contributed by atoms with Gasteiger partial charge in [-0.3, -0.25) is 4.99 Å². The highest BCUT2D eigenvalue weighted by Crippen LogP contribution is 2.39. The maximum absolute atomic E-state index is 5.88. The molecule has 3 aliphatic rings. The van der Waals surface area contributed by atoms with Crippen LogP contribution in [0, 0.1) is 5.92 Å². The zero-order valence-electron chi connectivity index (χ0n) is 11.5. The number of ether oxygens (including phenoxy) is 1. The Bertz CT molecular complexity index is 500. The molecule has 0 aromatic heterocycles. The first kappa shape index (κ1) is 12.7. The molecule has 3 nitrogen and oxygen atoms in total. The average Bonchev–Trinajstić information content (AvgIpc) is 3.05. The third-order valence-corrected chi connectivity index (χ3v) is 5.35. The van der Waals surface area contributed by atoms with Crippen LogP contribution >= 0.6 is 11.8 Å². The van der Waals surface area contributed by atoms with Crippen molar-refractivity contribution in [3.05, 3.63) is 35.9 Å². The van der Waals surface area contributed by atoms with Gasteiger partial charge in [-0.1, -0.05) is 42.1 Å². The lowest BCUT2D eigenvalue weighted by molar-refractivity contribution is 0.0844. The predicted octanol–water partition coefficient (Wildman–Crippen LogP) is 2.99. The first-order valence-electron chi connectivity index (χ1n) is 7.54. The molecular formula is C16H20N2OS. The van der Waals surface area contributed by atoms with E-state index in [1.165, 1.54) is 18.4 Å². The third kappa shape index (κ3) is 2.59. The van der Waals surface area contributed by atoms with Crippen LogP contribution < -0.4 is 5.32 Å². The van der Waals surface area contributed by atoms with Gasteiger partial charge in [0.2, 0.25) is 0 Å². The van der Waals surface area contributed by atoms with Crippen molar-refractivity contribution in [2.24, 2.45) is 10.9 Å². The first-order chi connectivity index (χ1) is 9.90. The monoisotopic (exact) mass is 288 g/mol. The SMILES string of the molecule is c1ccc(C2CSC(NC3CCOC3C3CC3)=N2)cc1. The van der Waals surface area contributed by atoms with E-state index in [1.807, 2.05) is 11.8 Å². The molecule has 4 rings (SSSR count). The molecule has 1 aliphatic carbocycles. The van der Waals surface area contributed by atoms with Crippen LogP contribution in [0.15, 0.2) is 35.3 Å². The average molecular weight is 288 g/mol. The Morgan fingerprint density at radius 3 is 2.80 bits per heavy atom. The number of hydrogen-bond acceptors (Lipinski definition) is 4. The third-order valence-electron chi connectivity index (χ3n) is 4.37. The van der Waals surface area contributed by atoms with Crippen LogP contribution in [0.2, 0.25) is 0 Å². The van der Waals surface area contributed by atoms with Gasteiger partial charge in [-0.05, 0) is 30.7 Å².